The lowest BCUT2D eigenvalue weighted by molar-refractivity contribution is -0.115. The molecular weight excluding hydrogens is 403 g/mol. The van der Waals surface area contributed by atoms with Gasteiger partial charge in [0.25, 0.3) is 0 Å². The second kappa shape index (κ2) is 10.1. The van der Waals surface area contributed by atoms with Crippen molar-refractivity contribution in [2.45, 2.75) is 19.3 Å². The zero-order chi connectivity index (χ0) is 21.5. The number of hydrogen-bond donors (Lipinski definition) is 1. The predicted molar refractivity (Wildman–Crippen MR) is 116 cm³/mol. The zero-order valence-electron chi connectivity index (χ0n) is 16.5. The maximum atomic E-state index is 13.9. The second-order valence-corrected chi connectivity index (χ2v) is 7.89. The van der Waals surface area contributed by atoms with E-state index in [4.69, 9.17) is 0 Å². The van der Waals surface area contributed by atoms with E-state index in [1.165, 1.54) is 24.7 Å². The topological polar surface area (TPSA) is 72.5 Å². The maximum Gasteiger partial charge on any atom is 0.228 e. The molecule has 1 amide bonds. The van der Waals surface area contributed by atoms with Crippen LogP contribution in [0.5, 0.6) is 0 Å². The number of halogens is 1. The van der Waals surface area contributed by atoms with Gasteiger partial charge in [-0.3, -0.25) is 9.00 Å². The summed E-state index contributed by atoms with van der Waals surface area (Å²) in [6.45, 7) is 0. The van der Waals surface area contributed by atoms with E-state index in [9.17, 15) is 17.9 Å². The fourth-order valence-electron chi connectivity index (χ4n) is 3.12. The number of amides is 1. The van der Waals surface area contributed by atoms with E-state index in [1.807, 2.05) is 42.5 Å². The summed E-state index contributed by atoms with van der Waals surface area (Å²) < 4.78 is 36.8. The smallest absolute Gasteiger partial charge is 0.228 e. The third-order valence-electron chi connectivity index (χ3n) is 4.69. The Kier molecular flexibility index (Phi) is 7.32. The number of benzene rings is 3. The molecular formula is C23H22FN2O3S-. The molecule has 0 aliphatic carbocycles. The van der Waals surface area contributed by atoms with Crippen molar-refractivity contribution in [1.29, 1.82) is 0 Å². The van der Waals surface area contributed by atoms with Crippen molar-refractivity contribution >= 4 is 28.5 Å². The standard InChI is InChI=1S/C23H23FN2O3S/c1-26(30(28)29)22-15-19(12-13-21(22)24)16-23(27)25-20-9-5-8-18(14-20)11-10-17-6-3-2-4-7-17/h2-9,12-15H,10-11,16H2,1H3,(H,25,27)(H,28,29)/p-1. The molecule has 7 heteroatoms. The van der Waals surface area contributed by atoms with Crippen molar-refractivity contribution in [3.05, 3.63) is 95.3 Å². The van der Waals surface area contributed by atoms with Crippen LogP contribution in [0.15, 0.2) is 72.8 Å². The number of carbonyl (C=O) groups is 1. The first-order chi connectivity index (χ1) is 14.4. The highest BCUT2D eigenvalue weighted by Gasteiger charge is 2.12. The molecule has 0 aromatic heterocycles. The highest BCUT2D eigenvalue weighted by atomic mass is 32.2. The summed E-state index contributed by atoms with van der Waals surface area (Å²) in [5.41, 5.74) is 3.46. The van der Waals surface area contributed by atoms with E-state index in [-0.39, 0.29) is 18.0 Å². The number of hydrogen-bond acceptors (Lipinski definition) is 3. The lowest BCUT2D eigenvalue weighted by Crippen LogP contribution is -2.21. The molecule has 0 radical (unpaired) electrons. The lowest BCUT2D eigenvalue weighted by Gasteiger charge is -2.22. The summed E-state index contributed by atoms with van der Waals surface area (Å²) in [5.74, 6) is -0.935. The third kappa shape index (κ3) is 5.98. The number of nitrogens with zero attached hydrogens (tertiary/aromatic N) is 1. The second-order valence-electron chi connectivity index (χ2n) is 6.91. The van der Waals surface area contributed by atoms with Crippen LogP contribution in [-0.2, 0) is 35.3 Å². The Labute approximate surface area is 178 Å². The molecule has 1 atom stereocenters. The van der Waals surface area contributed by atoms with E-state index in [0.717, 1.165) is 28.8 Å². The molecule has 0 saturated heterocycles. The summed E-state index contributed by atoms with van der Waals surface area (Å²) in [7, 11) is 1.24. The molecule has 156 valence electrons. The van der Waals surface area contributed by atoms with Crippen LogP contribution in [0.4, 0.5) is 15.8 Å². The molecule has 0 aliphatic heterocycles. The highest BCUT2D eigenvalue weighted by Crippen LogP contribution is 2.21. The van der Waals surface area contributed by atoms with Gasteiger partial charge in [0, 0.05) is 24.0 Å². The van der Waals surface area contributed by atoms with Gasteiger partial charge in [0.15, 0.2) is 0 Å². The first-order valence-electron chi connectivity index (χ1n) is 9.46. The summed E-state index contributed by atoms with van der Waals surface area (Å²) in [5, 5.41) is 2.85. The van der Waals surface area contributed by atoms with Gasteiger partial charge in [0.2, 0.25) is 5.91 Å². The molecule has 0 saturated carbocycles. The minimum absolute atomic E-state index is 0.000848. The minimum Gasteiger partial charge on any atom is -0.755 e. The Morgan fingerprint density at radius 2 is 1.67 bits per heavy atom. The molecule has 1 N–H and O–H groups in total. The predicted octanol–water partition coefficient (Wildman–Crippen LogP) is 4.02. The minimum atomic E-state index is -2.60. The van der Waals surface area contributed by atoms with Gasteiger partial charge in [-0.25, -0.2) is 4.39 Å². The molecule has 0 fully saturated rings. The van der Waals surface area contributed by atoms with Crippen LogP contribution in [0, 0.1) is 5.82 Å². The van der Waals surface area contributed by atoms with Crippen LogP contribution >= 0.6 is 0 Å². The summed E-state index contributed by atoms with van der Waals surface area (Å²) in [6.07, 6.45) is 1.76. The van der Waals surface area contributed by atoms with E-state index in [2.05, 4.69) is 17.4 Å². The molecule has 3 rings (SSSR count). The SMILES string of the molecule is CN(c1cc(CC(=O)Nc2cccc(CCc3ccccc3)c2)ccc1F)S(=O)[O-]. The highest BCUT2D eigenvalue weighted by molar-refractivity contribution is 7.80. The molecule has 1 unspecified atom stereocenters. The van der Waals surface area contributed by atoms with Gasteiger partial charge in [-0.1, -0.05) is 48.5 Å². The van der Waals surface area contributed by atoms with Crippen molar-refractivity contribution in [3.63, 3.8) is 0 Å². The Balaban J connectivity index is 1.62. The number of carbonyl (C=O) groups excluding carboxylic acids is 1. The largest absolute Gasteiger partial charge is 0.755 e. The van der Waals surface area contributed by atoms with Gasteiger partial charge >= 0.3 is 0 Å². The summed E-state index contributed by atoms with van der Waals surface area (Å²) >= 11 is -2.60. The van der Waals surface area contributed by atoms with Gasteiger partial charge < -0.3 is 14.2 Å². The van der Waals surface area contributed by atoms with E-state index >= 15 is 0 Å². The van der Waals surface area contributed by atoms with Crippen molar-refractivity contribution in [2.24, 2.45) is 0 Å². The van der Waals surface area contributed by atoms with Crippen LogP contribution in [0.1, 0.15) is 16.7 Å². The van der Waals surface area contributed by atoms with E-state index in [1.54, 1.807) is 0 Å². The molecule has 0 heterocycles. The molecule has 0 spiro atoms. The zero-order valence-corrected chi connectivity index (χ0v) is 17.3. The number of anilines is 2. The van der Waals surface area contributed by atoms with Crippen molar-refractivity contribution in [3.8, 4) is 0 Å². The van der Waals surface area contributed by atoms with Gasteiger partial charge in [0.1, 0.15) is 5.82 Å². The Morgan fingerprint density at radius 1 is 0.967 bits per heavy atom. The number of rotatable bonds is 8. The summed E-state index contributed by atoms with van der Waals surface area (Å²) in [4.78, 5) is 12.4. The maximum absolute atomic E-state index is 13.9. The van der Waals surface area contributed by atoms with Crippen LogP contribution in [0.25, 0.3) is 0 Å². The lowest BCUT2D eigenvalue weighted by atomic mass is 10.0. The summed E-state index contributed by atoms with van der Waals surface area (Å²) in [6, 6.07) is 21.8. The first kappa shape index (κ1) is 21.7. The average Bonchev–Trinajstić information content (AvgIpc) is 2.74. The van der Waals surface area contributed by atoms with Crippen LogP contribution in [-0.4, -0.2) is 21.7 Å². The van der Waals surface area contributed by atoms with Crippen LogP contribution < -0.4 is 9.62 Å². The first-order valence-corrected chi connectivity index (χ1v) is 10.5. The third-order valence-corrected chi connectivity index (χ3v) is 5.34. The molecule has 5 nitrogen and oxygen atoms in total. The van der Waals surface area contributed by atoms with Crippen LogP contribution in [0.3, 0.4) is 0 Å². The molecule has 0 bridgehead atoms. The van der Waals surface area contributed by atoms with Crippen LogP contribution in [0.2, 0.25) is 0 Å². The van der Waals surface area contributed by atoms with Crippen molar-refractivity contribution in [1.82, 2.24) is 0 Å². The quantitative estimate of drug-likeness (QED) is 0.554. The molecule has 30 heavy (non-hydrogen) atoms. The number of nitrogens with one attached hydrogen (secondary N) is 1. The fraction of sp³-hybridized carbons (Fsp3) is 0.174. The van der Waals surface area contributed by atoms with Crippen molar-refractivity contribution < 1.29 is 17.9 Å². The molecule has 3 aromatic carbocycles. The normalized spacial score (nSPS) is 11.7. The van der Waals surface area contributed by atoms with Gasteiger partial charge in [-0.2, -0.15) is 0 Å². The average molecular weight is 426 g/mol. The fourth-order valence-corrected chi connectivity index (χ4v) is 3.42. The van der Waals surface area contributed by atoms with Gasteiger partial charge in [-0.05, 0) is 53.8 Å². The van der Waals surface area contributed by atoms with Gasteiger partial charge in [0.05, 0.1) is 12.1 Å². The van der Waals surface area contributed by atoms with E-state index < -0.39 is 17.1 Å². The van der Waals surface area contributed by atoms with Crippen molar-refractivity contribution in [2.75, 3.05) is 16.7 Å². The van der Waals surface area contributed by atoms with Gasteiger partial charge in [-0.15, -0.1) is 0 Å². The number of aryl methyl sites for hydroxylation is 2. The Hall–Kier alpha value is -3.03. The Morgan fingerprint density at radius 3 is 2.40 bits per heavy atom. The monoisotopic (exact) mass is 425 g/mol. The molecule has 0 aliphatic rings. The molecule has 3 aromatic rings. The van der Waals surface area contributed by atoms with E-state index in [0.29, 0.717) is 11.3 Å². The Bertz CT molecular complexity index is 1040.